The minimum Gasteiger partial charge on any atom is -0.496 e. The number of rotatable bonds is 6. The first kappa shape index (κ1) is 16.2. The highest BCUT2D eigenvalue weighted by Gasteiger charge is 2.15. The van der Waals surface area contributed by atoms with Crippen LogP contribution in [0.5, 0.6) is 5.75 Å². The van der Waals surface area contributed by atoms with Crippen molar-refractivity contribution in [1.29, 1.82) is 0 Å². The molecule has 0 aliphatic heterocycles. The molecule has 2 nitrogen and oxygen atoms in total. The Hall–Kier alpha value is -1.16. The second-order valence-electron chi connectivity index (χ2n) is 4.80. The zero-order valence-corrected chi connectivity index (χ0v) is 14.1. The monoisotopic (exact) mass is 321 g/mol. The quantitative estimate of drug-likeness (QED) is 0.763. The van der Waals surface area contributed by atoms with Gasteiger partial charge in [0.05, 0.1) is 7.11 Å². The Morgan fingerprint density at radius 3 is 2.52 bits per heavy atom. The van der Waals surface area contributed by atoms with E-state index in [0.717, 1.165) is 16.5 Å². The first-order chi connectivity index (χ1) is 10.2. The zero-order chi connectivity index (χ0) is 15.2. The summed E-state index contributed by atoms with van der Waals surface area (Å²) in [5.74, 6) is 1.84. The zero-order valence-electron chi connectivity index (χ0n) is 12.5. The van der Waals surface area contributed by atoms with Crippen LogP contribution in [0.3, 0.4) is 0 Å². The third-order valence-electron chi connectivity index (χ3n) is 3.42. The van der Waals surface area contributed by atoms with Crippen LogP contribution in [-0.4, -0.2) is 14.2 Å². The minimum atomic E-state index is 0.244. The van der Waals surface area contributed by atoms with E-state index in [-0.39, 0.29) is 6.04 Å². The summed E-state index contributed by atoms with van der Waals surface area (Å²) in [6.45, 7) is 2.14. The Balaban J connectivity index is 2.21. The number of hydrogen-bond acceptors (Lipinski definition) is 3. The molecule has 0 fully saturated rings. The smallest absolute Gasteiger partial charge is 0.124 e. The highest BCUT2D eigenvalue weighted by Crippen LogP contribution is 2.36. The third-order valence-corrected chi connectivity index (χ3v) is 4.82. The van der Waals surface area contributed by atoms with E-state index in [9.17, 15) is 0 Å². The van der Waals surface area contributed by atoms with Crippen LogP contribution in [0.4, 0.5) is 0 Å². The van der Waals surface area contributed by atoms with Crippen molar-refractivity contribution in [2.75, 3.05) is 14.2 Å². The number of halogens is 1. The number of thioether (sulfide) groups is 1. The van der Waals surface area contributed by atoms with Crippen LogP contribution in [0, 0.1) is 0 Å². The van der Waals surface area contributed by atoms with Crippen molar-refractivity contribution in [2.24, 2.45) is 0 Å². The Kier molecular flexibility index (Phi) is 5.97. The largest absolute Gasteiger partial charge is 0.496 e. The summed E-state index contributed by atoms with van der Waals surface area (Å²) >= 11 is 7.74. The SMILES string of the molecule is CNC(C)c1c(OC)cccc1SCc1ccc(Cl)cc1. The normalized spacial score (nSPS) is 12.2. The van der Waals surface area contributed by atoms with E-state index >= 15 is 0 Å². The molecule has 4 heteroatoms. The van der Waals surface area contributed by atoms with E-state index < -0.39 is 0 Å². The minimum absolute atomic E-state index is 0.244. The second-order valence-corrected chi connectivity index (χ2v) is 6.25. The average molecular weight is 322 g/mol. The fraction of sp³-hybridized carbons (Fsp3) is 0.294. The Morgan fingerprint density at radius 1 is 1.19 bits per heavy atom. The van der Waals surface area contributed by atoms with Gasteiger partial charge in [-0.2, -0.15) is 0 Å². The van der Waals surface area contributed by atoms with Crippen molar-refractivity contribution in [3.8, 4) is 5.75 Å². The molecule has 0 aliphatic rings. The van der Waals surface area contributed by atoms with Crippen molar-refractivity contribution >= 4 is 23.4 Å². The van der Waals surface area contributed by atoms with Gasteiger partial charge in [0.25, 0.3) is 0 Å². The van der Waals surface area contributed by atoms with Crippen molar-refractivity contribution in [3.05, 3.63) is 58.6 Å². The predicted molar refractivity (Wildman–Crippen MR) is 91.5 cm³/mol. The molecule has 2 aromatic rings. The molecular weight excluding hydrogens is 302 g/mol. The molecule has 0 radical (unpaired) electrons. The van der Waals surface area contributed by atoms with Crippen molar-refractivity contribution in [3.63, 3.8) is 0 Å². The molecular formula is C17H20ClNOS. The molecule has 21 heavy (non-hydrogen) atoms. The van der Waals surface area contributed by atoms with Gasteiger partial charge in [0.2, 0.25) is 0 Å². The molecule has 0 saturated carbocycles. The maximum absolute atomic E-state index is 5.92. The number of methoxy groups -OCH3 is 1. The number of benzene rings is 2. The van der Waals surface area contributed by atoms with Crippen molar-refractivity contribution in [2.45, 2.75) is 23.6 Å². The average Bonchev–Trinajstić information content (AvgIpc) is 2.53. The van der Waals surface area contributed by atoms with Crippen LogP contribution >= 0.6 is 23.4 Å². The van der Waals surface area contributed by atoms with E-state index in [0.29, 0.717) is 0 Å². The van der Waals surface area contributed by atoms with Gasteiger partial charge in [0.15, 0.2) is 0 Å². The van der Waals surface area contributed by atoms with Gasteiger partial charge < -0.3 is 10.1 Å². The molecule has 0 aromatic heterocycles. The summed E-state index contributed by atoms with van der Waals surface area (Å²) in [6.07, 6.45) is 0. The Labute approximate surface area is 135 Å². The van der Waals surface area contributed by atoms with E-state index in [2.05, 4.69) is 30.4 Å². The number of hydrogen-bond donors (Lipinski definition) is 1. The second kappa shape index (κ2) is 7.74. The van der Waals surface area contributed by atoms with E-state index in [4.69, 9.17) is 16.3 Å². The molecule has 0 bridgehead atoms. The molecule has 1 unspecified atom stereocenters. The molecule has 112 valence electrons. The lowest BCUT2D eigenvalue weighted by Gasteiger charge is -2.19. The molecule has 0 amide bonds. The summed E-state index contributed by atoms with van der Waals surface area (Å²) in [5, 5.41) is 4.06. The van der Waals surface area contributed by atoms with Crippen LogP contribution in [0.2, 0.25) is 5.02 Å². The predicted octanol–water partition coefficient (Wildman–Crippen LogP) is 4.92. The van der Waals surface area contributed by atoms with Crippen LogP contribution in [0.1, 0.15) is 24.1 Å². The first-order valence-corrected chi connectivity index (χ1v) is 8.23. The topological polar surface area (TPSA) is 21.3 Å². The lowest BCUT2D eigenvalue weighted by atomic mass is 10.1. The molecule has 2 rings (SSSR count). The van der Waals surface area contributed by atoms with Gasteiger partial charge in [0.1, 0.15) is 5.75 Å². The summed E-state index contributed by atoms with van der Waals surface area (Å²) < 4.78 is 5.51. The van der Waals surface area contributed by atoms with Gasteiger partial charge >= 0.3 is 0 Å². The fourth-order valence-electron chi connectivity index (χ4n) is 2.14. The van der Waals surface area contributed by atoms with Crippen LogP contribution in [0.15, 0.2) is 47.4 Å². The lowest BCUT2D eigenvalue weighted by molar-refractivity contribution is 0.401. The maximum atomic E-state index is 5.92. The summed E-state index contributed by atoms with van der Waals surface area (Å²) in [6, 6.07) is 14.4. The summed E-state index contributed by atoms with van der Waals surface area (Å²) in [5.41, 5.74) is 2.47. The Morgan fingerprint density at radius 2 is 1.90 bits per heavy atom. The molecule has 1 atom stereocenters. The molecule has 0 spiro atoms. The van der Waals surface area contributed by atoms with Crippen molar-refractivity contribution < 1.29 is 4.74 Å². The first-order valence-electron chi connectivity index (χ1n) is 6.87. The lowest BCUT2D eigenvalue weighted by Crippen LogP contribution is -2.14. The number of ether oxygens (including phenoxy) is 1. The fourth-order valence-corrected chi connectivity index (χ4v) is 3.39. The van der Waals surface area contributed by atoms with Gasteiger partial charge in [-0.05, 0) is 43.8 Å². The Bertz CT molecular complexity index is 586. The van der Waals surface area contributed by atoms with E-state index in [1.165, 1.54) is 16.0 Å². The molecule has 0 heterocycles. The highest BCUT2D eigenvalue weighted by atomic mass is 35.5. The highest BCUT2D eigenvalue weighted by molar-refractivity contribution is 7.98. The van der Waals surface area contributed by atoms with Gasteiger partial charge in [-0.3, -0.25) is 0 Å². The van der Waals surface area contributed by atoms with E-state index in [1.54, 1.807) is 7.11 Å². The van der Waals surface area contributed by atoms with Gasteiger partial charge in [-0.25, -0.2) is 0 Å². The van der Waals surface area contributed by atoms with Crippen LogP contribution in [-0.2, 0) is 5.75 Å². The molecule has 2 aromatic carbocycles. The van der Waals surface area contributed by atoms with Crippen LogP contribution < -0.4 is 10.1 Å². The standard InChI is InChI=1S/C17H20ClNOS/c1-12(19-2)17-15(20-3)5-4-6-16(17)21-11-13-7-9-14(18)10-8-13/h4-10,12,19H,11H2,1-3H3. The van der Waals surface area contributed by atoms with Crippen LogP contribution in [0.25, 0.3) is 0 Å². The maximum Gasteiger partial charge on any atom is 0.124 e. The van der Waals surface area contributed by atoms with E-state index in [1.807, 2.05) is 43.1 Å². The van der Waals surface area contributed by atoms with Gasteiger partial charge in [-0.1, -0.05) is 29.8 Å². The summed E-state index contributed by atoms with van der Waals surface area (Å²) in [7, 11) is 3.68. The molecule has 0 aliphatic carbocycles. The molecule has 1 N–H and O–H groups in total. The molecule has 0 saturated heterocycles. The summed E-state index contributed by atoms with van der Waals surface area (Å²) in [4.78, 5) is 1.24. The van der Waals surface area contributed by atoms with Gasteiger partial charge in [-0.15, -0.1) is 11.8 Å². The third kappa shape index (κ3) is 4.16. The van der Waals surface area contributed by atoms with Gasteiger partial charge in [0, 0.05) is 27.3 Å². The number of nitrogens with one attached hydrogen (secondary N) is 1. The van der Waals surface area contributed by atoms with Crippen molar-refractivity contribution in [1.82, 2.24) is 5.32 Å².